The van der Waals surface area contributed by atoms with E-state index in [1.165, 1.54) is 5.56 Å². The van der Waals surface area contributed by atoms with E-state index in [0.717, 1.165) is 32.4 Å². The van der Waals surface area contributed by atoms with Crippen molar-refractivity contribution in [1.29, 1.82) is 0 Å². The van der Waals surface area contributed by atoms with E-state index < -0.39 is 36.5 Å². The van der Waals surface area contributed by atoms with Gasteiger partial charge >= 0.3 is 5.97 Å². The van der Waals surface area contributed by atoms with Gasteiger partial charge in [0.25, 0.3) is 5.91 Å². The second-order valence-corrected chi connectivity index (χ2v) is 13.4. The molecule has 266 valence electrons. The molecule has 49 heavy (non-hydrogen) atoms. The van der Waals surface area contributed by atoms with Crippen molar-refractivity contribution in [3.8, 4) is 11.5 Å². The molecule has 0 spiro atoms. The molecule has 1 aliphatic rings. The normalized spacial score (nSPS) is 15.9. The summed E-state index contributed by atoms with van der Waals surface area (Å²) in [5.41, 5.74) is 2.85. The molecule has 0 bridgehead atoms. The van der Waals surface area contributed by atoms with Gasteiger partial charge in [-0.2, -0.15) is 0 Å². The quantitative estimate of drug-likeness (QED) is 0.149. The summed E-state index contributed by atoms with van der Waals surface area (Å²) in [6, 6.07) is 21.2. The lowest BCUT2D eigenvalue weighted by Crippen LogP contribution is -2.45. The van der Waals surface area contributed by atoms with Crippen molar-refractivity contribution in [2.45, 2.75) is 58.7 Å². The number of amides is 2. The molecule has 3 aromatic rings. The zero-order valence-electron chi connectivity index (χ0n) is 28.5. The van der Waals surface area contributed by atoms with Crippen molar-refractivity contribution < 1.29 is 33.7 Å². The number of fused-ring (bicyclic) bond motifs is 1. The number of hydrogen-bond acceptors (Lipinski definition) is 7. The number of carboxylic acids is 1. The fourth-order valence-corrected chi connectivity index (χ4v) is 5.82. The number of ether oxygens (including phenoxy) is 3. The van der Waals surface area contributed by atoms with E-state index in [-0.39, 0.29) is 24.2 Å². The molecule has 0 saturated carbocycles. The number of anilines is 1. The molecule has 3 N–H and O–H groups in total. The van der Waals surface area contributed by atoms with Crippen molar-refractivity contribution in [3.05, 3.63) is 88.4 Å². The highest BCUT2D eigenvalue weighted by Gasteiger charge is 2.40. The molecular formula is C37H47Cl2N3O7. The molecule has 4 rings (SSSR count). The van der Waals surface area contributed by atoms with Gasteiger partial charge in [-0.05, 0) is 67.6 Å². The Morgan fingerprint density at radius 2 is 1.73 bits per heavy atom. The van der Waals surface area contributed by atoms with Crippen LogP contribution < -0.4 is 25.0 Å². The van der Waals surface area contributed by atoms with Crippen LogP contribution in [-0.2, 0) is 25.5 Å². The number of benzene rings is 3. The molecule has 0 aliphatic carbocycles. The number of carbonyl (C=O) groups is 3. The maximum Gasteiger partial charge on any atom is 0.322 e. The van der Waals surface area contributed by atoms with E-state index in [4.69, 9.17) is 30.9 Å². The number of aryl methyl sites for hydroxylation is 1. The second-order valence-electron chi connectivity index (χ2n) is 13.0. The van der Waals surface area contributed by atoms with Crippen molar-refractivity contribution in [3.63, 3.8) is 0 Å². The fourth-order valence-electron chi connectivity index (χ4n) is 5.64. The van der Waals surface area contributed by atoms with Crippen LogP contribution in [0.2, 0.25) is 5.02 Å². The number of carboxylic acid groups (broad SMARTS) is 1. The van der Waals surface area contributed by atoms with Crippen LogP contribution in [0.4, 0.5) is 5.69 Å². The van der Waals surface area contributed by atoms with E-state index >= 15 is 0 Å². The van der Waals surface area contributed by atoms with Crippen LogP contribution in [0.25, 0.3) is 0 Å². The van der Waals surface area contributed by atoms with Crippen LogP contribution in [0.3, 0.4) is 0 Å². The highest BCUT2D eigenvalue weighted by Crippen LogP contribution is 2.45. The van der Waals surface area contributed by atoms with E-state index in [2.05, 4.69) is 34.9 Å². The van der Waals surface area contributed by atoms with Crippen LogP contribution in [0.15, 0.2) is 66.7 Å². The number of para-hydroxylation sites is 1. The summed E-state index contributed by atoms with van der Waals surface area (Å²) in [6.45, 7) is 7.96. The van der Waals surface area contributed by atoms with Crippen LogP contribution >= 0.6 is 24.0 Å². The van der Waals surface area contributed by atoms with Gasteiger partial charge in [0, 0.05) is 28.4 Å². The second kappa shape index (κ2) is 18.8. The fraction of sp³-hybridized carbons (Fsp3) is 0.432. The van der Waals surface area contributed by atoms with Gasteiger partial charge in [-0.25, -0.2) is 0 Å². The number of halogens is 2. The number of nitrogens with zero attached hydrogens (tertiary/aromatic N) is 1. The van der Waals surface area contributed by atoms with Gasteiger partial charge in [-0.1, -0.05) is 74.8 Å². The molecule has 0 saturated heterocycles. The minimum Gasteiger partial charge on any atom is -0.492 e. The van der Waals surface area contributed by atoms with Gasteiger partial charge in [0.1, 0.15) is 18.8 Å². The standard InChI is InChI=1S/C37H46ClN3O7.ClH/c1-37(2,3)24-41-29-17-16-26(38)21-28(29)34(48-31(36(41)45)22-32(42)40-23-33(43)44)27-14-8-15-30(35(27)46-4)47-20-10-19-39-18-9-13-25-11-6-5-7-12-25;/h5-8,11-12,14-17,21,31,34,39H,9-10,13,18-20,22-24H2,1-4H3,(H,40,42)(H,43,44);1H. The summed E-state index contributed by atoms with van der Waals surface area (Å²) in [5.74, 6) is -1.26. The number of nitrogens with one attached hydrogen (secondary N) is 2. The number of aliphatic carboxylic acids is 1. The van der Waals surface area contributed by atoms with E-state index in [0.29, 0.717) is 46.5 Å². The zero-order chi connectivity index (χ0) is 34.7. The molecular weight excluding hydrogens is 669 g/mol. The first-order chi connectivity index (χ1) is 23.0. The molecule has 1 heterocycles. The van der Waals surface area contributed by atoms with Crippen LogP contribution in [-0.4, -0.2) is 68.9 Å². The SMILES string of the molecule is COc1c(OCCCNCCCc2ccccc2)cccc1C1OC(CC(=O)NCC(=O)O)C(=O)N(CC(C)(C)C)c2ccc(Cl)cc21.Cl. The first kappa shape index (κ1) is 39.6. The highest BCUT2D eigenvalue weighted by atomic mass is 35.5. The van der Waals surface area contributed by atoms with Gasteiger partial charge in [0.15, 0.2) is 11.5 Å². The molecule has 2 unspecified atom stereocenters. The third-order valence-electron chi connectivity index (χ3n) is 7.76. The third-order valence-corrected chi connectivity index (χ3v) is 7.99. The maximum atomic E-state index is 14.1. The lowest BCUT2D eigenvalue weighted by molar-refractivity contribution is -0.140. The summed E-state index contributed by atoms with van der Waals surface area (Å²) in [5, 5.41) is 15.3. The molecule has 10 nitrogen and oxygen atoms in total. The summed E-state index contributed by atoms with van der Waals surface area (Å²) in [6.07, 6.45) is 0.391. The van der Waals surface area contributed by atoms with E-state index in [1.807, 2.05) is 45.0 Å². The molecule has 0 fully saturated rings. The Hall–Kier alpha value is -3.83. The molecule has 2 amide bonds. The summed E-state index contributed by atoms with van der Waals surface area (Å²) in [4.78, 5) is 39.6. The minimum atomic E-state index is -1.22. The molecule has 0 aromatic heterocycles. The van der Waals surface area contributed by atoms with Crippen molar-refractivity contribution in [1.82, 2.24) is 10.6 Å². The smallest absolute Gasteiger partial charge is 0.322 e. The monoisotopic (exact) mass is 715 g/mol. The van der Waals surface area contributed by atoms with Crippen LogP contribution in [0.5, 0.6) is 11.5 Å². The third kappa shape index (κ3) is 11.6. The molecule has 0 radical (unpaired) electrons. The predicted octanol–water partition coefficient (Wildman–Crippen LogP) is 6.22. The van der Waals surface area contributed by atoms with Gasteiger partial charge in [0.2, 0.25) is 5.91 Å². The summed E-state index contributed by atoms with van der Waals surface area (Å²) >= 11 is 6.52. The zero-order valence-corrected chi connectivity index (χ0v) is 30.1. The Morgan fingerprint density at radius 1 is 1.00 bits per heavy atom. The molecule has 3 aromatic carbocycles. The Balaban J connectivity index is 0.00000650. The van der Waals surface area contributed by atoms with E-state index in [9.17, 15) is 14.4 Å². The van der Waals surface area contributed by atoms with Crippen LogP contribution in [0.1, 0.15) is 62.8 Å². The Morgan fingerprint density at radius 3 is 2.43 bits per heavy atom. The van der Waals surface area contributed by atoms with Crippen LogP contribution in [0, 0.1) is 5.41 Å². The number of methoxy groups -OCH3 is 1. The predicted molar refractivity (Wildman–Crippen MR) is 193 cm³/mol. The largest absolute Gasteiger partial charge is 0.492 e. The average molecular weight is 717 g/mol. The van der Waals surface area contributed by atoms with Gasteiger partial charge in [-0.3, -0.25) is 14.4 Å². The topological polar surface area (TPSA) is 126 Å². The van der Waals surface area contributed by atoms with Crippen molar-refractivity contribution in [2.75, 3.05) is 44.8 Å². The summed E-state index contributed by atoms with van der Waals surface area (Å²) < 4.78 is 18.6. The number of carbonyl (C=O) groups excluding carboxylic acids is 2. The van der Waals surface area contributed by atoms with Gasteiger partial charge < -0.3 is 34.9 Å². The molecule has 1 aliphatic heterocycles. The number of rotatable bonds is 16. The minimum absolute atomic E-state index is 0. The number of hydrogen-bond donors (Lipinski definition) is 3. The lowest BCUT2D eigenvalue weighted by atomic mass is 9.94. The Kier molecular flexibility index (Phi) is 15.2. The summed E-state index contributed by atoms with van der Waals surface area (Å²) in [7, 11) is 1.55. The van der Waals surface area contributed by atoms with Crippen molar-refractivity contribution in [2.24, 2.45) is 5.41 Å². The van der Waals surface area contributed by atoms with Gasteiger partial charge in [-0.15, -0.1) is 12.4 Å². The van der Waals surface area contributed by atoms with E-state index in [1.54, 1.807) is 30.2 Å². The maximum absolute atomic E-state index is 14.1. The Bertz CT molecular complexity index is 1550. The molecule has 2 atom stereocenters. The lowest BCUT2D eigenvalue weighted by Gasteiger charge is -2.31. The van der Waals surface area contributed by atoms with Gasteiger partial charge in [0.05, 0.1) is 20.1 Å². The average Bonchev–Trinajstić information content (AvgIpc) is 3.15. The van der Waals surface area contributed by atoms with Crippen molar-refractivity contribution >= 4 is 47.5 Å². The first-order valence-corrected chi connectivity index (χ1v) is 16.6. The molecule has 12 heteroatoms. The highest BCUT2D eigenvalue weighted by molar-refractivity contribution is 6.30. The first-order valence-electron chi connectivity index (χ1n) is 16.3. The Labute approximate surface area is 299 Å².